The minimum atomic E-state index is -0.958. The Hall–Kier alpha value is 1.49. The summed E-state index contributed by atoms with van der Waals surface area (Å²) in [6.45, 7) is 0. The summed E-state index contributed by atoms with van der Waals surface area (Å²) in [4.78, 5) is 0. The van der Waals surface area contributed by atoms with Crippen LogP contribution in [0.3, 0.4) is 0 Å². The van der Waals surface area contributed by atoms with E-state index in [2.05, 4.69) is 0 Å². The van der Waals surface area contributed by atoms with Gasteiger partial charge in [0.2, 0.25) is 0 Å². The Morgan fingerprint density at radius 3 is 1.20 bits per heavy atom. The van der Waals surface area contributed by atoms with Gasteiger partial charge in [0, 0.05) is 0 Å². The number of halogens is 3. The van der Waals surface area contributed by atoms with Gasteiger partial charge in [0.05, 0.1) is 0 Å². The van der Waals surface area contributed by atoms with Crippen LogP contribution in [0, 0.1) is 0 Å². The second-order valence-electron chi connectivity index (χ2n) is 0.615. The van der Waals surface area contributed by atoms with Crippen molar-refractivity contribution in [2.45, 2.75) is 2.39 Å². The zero-order valence-electron chi connectivity index (χ0n) is 2.34. The van der Waals surface area contributed by atoms with E-state index in [9.17, 15) is 0 Å². The molecule has 0 unspecified atom stereocenters. The van der Waals surface area contributed by atoms with E-state index in [0.29, 0.717) is 18.3 Å². The molecule has 0 nitrogen and oxygen atoms in total. The van der Waals surface area contributed by atoms with E-state index in [1.54, 1.807) is 0 Å². The first-order valence-electron chi connectivity index (χ1n) is 0.921. The minimum absolute atomic E-state index is 0.692. The molecule has 0 N–H and O–H groups in total. The molecule has 0 aromatic rings. The Bertz CT molecular complexity index is 22.4. The van der Waals surface area contributed by atoms with Crippen molar-refractivity contribution >= 4 is 34.8 Å². The first-order valence-corrected chi connectivity index (χ1v) is 3.54. The third kappa shape index (κ3) is 30.1. The van der Waals surface area contributed by atoms with E-state index >= 15 is 0 Å². The van der Waals surface area contributed by atoms with E-state index in [1.165, 1.54) is 0 Å². The second kappa shape index (κ2) is 1.98. The van der Waals surface area contributed by atoms with Gasteiger partial charge in [0.25, 0.3) is 0 Å². The molecule has 0 heterocycles. The van der Waals surface area contributed by atoms with Gasteiger partial charge in [-0.3, -0.25) is 0 Å². The number of alkyl halides is 3. The molecule has 0 saturated heterocycles. The molecule has 0 bridgehead atoms. The van der Waals surface area contributed by atoms with Crippen LogP contribution in [-0.4, -0.2) is 2.39 Å². The summed E-state index contributed by atoms with van der Waals surface area (Å²) in [5.41, 5.74) is 0. The summed E-state index contributed by atoms with van der Waals surface area (Å²) in [5, 5.41) is 0. The Labute approximate surface area is 55.4 Å². The van der Waals surface area contributed by atoms with Crippen molar-refractivity contribution in [2.24, 2.45) is 0 Å². The van der Waals surface area contributed by atoms with Crippen molar-refractivity contribution in [1.29, 1.82) is 0 Å². The fourth-order valence-corrected chi connectivity index (χ4v) is 0. The van der Waals surface area contributed by atoms with Crippen molar-refractivity contribution < 1.29 is 18.3 Å². The Morgan fingerprint density at radius 1 is 1.20 bits per heavy atom. The molecule has 0 aromatic heterocycles. The van der Waals surface area contributed by atoms with Gasteiger partial charge in [0.15, 0.2) is 0 Å². The number of hydrogen-bond acceptors (Lipinski definition) is 0. The van der Waals surface area contributed by atoms with Crippen molar-refractivity contribution in [3.05, 3.63) is 0 Å². The molecule has 27 valence electrons. The second-order valence-corrected chi connectivity index (χ2v) is 8.18. The Balaban J connectivity index is 3.02. The molecule has 0 atom stereocenters. The summed E-state index contributed by atoms with van der Waals surface area (Å²) in [5.74, 6) is 0. The predicted octanol–water partition coefficient (Wildman–Crippen LogP) is 1.86. The quantitative estimate of drug-likeness (QED) is 0.398. The van der Waals surface area contributed by atoms with Gasteiger partial charge in [0.1, 0.15) is 0 Å². The van der Waals surface area contributed by atoms with Gasteiger partial charge in [-0.25, -0.2) is 0 Å². The first kappa shape index (κ1) is 6.49. The third-order valence-electron chi connectivity index (χ3n) is 0. The van der Waals surface area contributed by atoms with E-state index in [-0.39, 0.29) is 0 Å². The van der Waals surface area contributed by atoms with Gasteiger partial charge in [-0.1, -0.05) is 0 Å². The maximum atomic E-state index is 5.12. The van der Waals surface area contributed by atoms with Crippen LogP contribution in [0.4, 0.5) is 0 Å². The molecule has 0 aliphatic rings. The van der Waals surface area contributed by atoms with E-state index in [0.717, 1.165) is 0 Å². The fraction of sp³-hybridized carbons (Fsp3) is 1.00. The summed E-state index contributed by atoms with van der Waals surface area (Å²) in [6.07, 6.45) is 0. The van der Waals surface area contributed by atoms with Crippen LogP contribution >= 0.6 is 34.8 Å². The standard InChI is InChI=1S/CCl3.Zn/c2-1(3)4;. The van der Waals surface area contributed by atoms with Crippen LogP contribution in [-0.2, 0) is 18.3 Å². The zero-order valence-corrected chi connectivity index (χ0v) is 7.58. The van der Waals surface area contributed by atoms with Crippen LogP contribution in [0.2, 0.25) is 0 Å². The van der Waals surface area contributed by atoms with Crippen LogP contribution in [0.15, 0.2) is 0 Å². The van der Waals surface area contributed by atoms with E-state index < -0.39 is 2.39 Å². The van der Waals surface area contributed by atoms with Gasteiger partial charge in [-0.05, 0) is 0 Å². The molecular formula is CCl3Zn. The summed E-state index contributed by atoms with van der Waals surface area (Å²) in [7, 11) is 0. The average Bonchev–Trinajstić information content (AvgIpc) is 0.722. The van der Waals surface area contributed by atoms with Crippen LogP contribution in [0.5, 0.6) is 0 Å². The van der Waals surface area contributed by atoms with Crippen LogP contribution in [0.1, 0.15) is 0 Å². The normalized spacial score (nSPS) is 12.2. The predicted molar refractivity (Wildman–Crippen MR) is 20.3 cm³/mol. The fourth-order valence-electron chi connectivity index (χ4n) is 0. The monoisotopic (exact) mass is 181 g/mol. The molecule has 0 radical (unpaired) electrons. The van der Waals surface area contributed by atoms with Crippen molar-refractivity contribution in [2.75, 3.05) is 0 Å². The molecule has 0 aromatic carbocycles. The van der Waals surface area contributed by atoms with Gasteiger partial charge >= 0.3 is 55.5 Å². The first-order chi connectivity index (χ1) is 2.00. The van der Waals surface area contributed by atoms with Crippen molar-refractivity contribution in [1.82, 2.24) is 0 Å². The SMILES string of the molecule is Cl[C](Cl)(Cl)[Zn]. The zero-order chi connectivity index (χ0) is 4.50. The number of rotatable bonds is 0. The molecule has 5 heavy (non-hydrogen) atoms. The molecule has 0 fully saturated rings. The topological polar surface area (TPSA) is 0 Å². The Kier molecular flexibility index (Phi) is 2.57. The van der Waals surface area contributed by atoms with Crippen molar-refractivity contribution in [3.63, 3.8) is 0 Å². The molecular weight excluding hydrogens is 184 g/mol. The summed E-state index contributed by atoms with van der Waals surface area (Å²) < 4.78 is -0.958. The Morgan fingerprint density at radius 2 is 1.20 bits per heavy atom. The van der Waals surface area contributed by atoms with E-state index in [1.807, 2.05) is 0 Å². The van der Waals surface area contributed by atoms with Crippen LogP contribution < -0.4 is 0 Å². The third-order valence-corrected chi connectivity index (χ3v) is 0. The molecule has 4 heteroatoms. The van der Waals surface area contributed by atoms with Crippen molar-refractivity contribution in [3.8, 4) is 0 Å². The number of hydrogen-bond donors (Lipinski definition) is 0. The van der Waals surface area contributed by atoms with Crippen LogP contribution in [0.25, 0.3) is 0 Å². The summed E-state index contributed by atoms with van der Waals surface area (Å²) in [6, 6.07) is 0. The molecule has 0 rings (SSSR count). The summed E-state index contributed by atoms with van der Waals surface area (Å²) >= 11 is 16.0. The molecule has 0 amide bonds. The van der Waals surface area contributed by atoms with Gasteiger partial charge in [-0.15, -0.1) is 0 Å². The molecule has 0 aliphatic carbocycles. The molecule has 0 saturated carbocycles. The average molecular weight is 184 g/mol. The molecule has 0 spiro atoms. The molecule has 0 aliphatic heterocycles. The van der Waals surface area contributed by atoms with E-state index in [4.69, 9.17) is 34.8 Å². The van der Waals surface area contributed by atoms with Gasteiger partial charge in [-0.2, -0.15) is 0 Å². The van der Waals surface area contributed by atoms with Gasteiger partial charge < -0.3 is 0 Å². The maximum absolute atomic E-state index is 5.12.